The summed E-state index contributed by atoms with van der Waals surface area (Å²) in [5.41, 5.74) is 4.10. The molecule has 0 spiro atoms. The van der Waals surface area contributed by atoms with Crippen LogP contribution >= 0.6 is 0 Å². The Morgan fingerprint density at radius 2 is 1.89 bits per heavy atom. The van der Waals surface area contributed by atoms with Gasteiger partial charge in [-0.2, -0.15) is 0 Å². The van der Waals surface area contributed by atoms with E-state index >= 15 is 0 Å². The molecule has 106 valence electrons. The van der Waals surface area contributed by atoms with Gasteiger partial charge in [0.2, 0.25) is 0 Å². The number of ether oxygens (including phenoxy) is 2. The van der Waals surface area contributed by atoms with E-state index in [1.807, 2.05) is 0 Å². The second kappa shape index (κ2) is 6.92. The third-order valence-electron chi connectivity index (χ3n) is 4.09. The summed E-state index contributed by atoms with van der Waals surface area (Å²) in [6.45, 7) is 9.46. The minimum absolute atomic E-state index is 0.890. The Morgan fingerprint density at radius 1 is 1.16 bits per heavy atom. The van der Waals surface area contributed by atoms with Crippen molar-refractivity contribution in [2.24, 2.45) is 0 Å². The highest BCUT2D eigenvalue weighted by Crippen LogP contribution is 2.24. The highest BCUT2D eigenvalue weighted by atomic mass is 16.5. The largest absolute Gasteiger partial charge is 0.496 e. The number of hydrogen-bond donors (Lipinski definition) is 0. The lowest BCUT2D eigenvalue weighted by Crippen LogP contribution is -2.36. The number of nitrogens with zero attached hydrogens (tertiary/aromatic N) is 1. The van der Waals surface area contributed by atoms with Crippen LogP contribution in [0.15, 0.2) is 12.1 Å². The van der Waals surface area contributed by atoms with Gasteiger partial charge < -0.3 is 9.47 Å². The highest BCUT2D eigenvalue weighted by molar-refractivity contribution is 5.43. The zero-order valence-electron chi connectivity index (χ0n) is 12.4. The minimum atomic E-state index is 0.890. The lowest BCUT2D eigenvalue weighted by molar-refractivity contribution is 0.0374. The van der Waals surface area contributed by atoms with E-state index in [0.717, 1.165) is 38.5 Å². The van der Waals surface area contributed by atoms with Gasteiger partial charge in [0.1, 0.15) is 5.75 Å². The molecule has 0 amide bonds. The van der Waals surface area contributed by atoms with Crippen LogP contribution < -0.4 is 4.74 Å². The molecule has 0 unspecified atom stereocenters. The average molecular weight is 263 g/mol. The molecule has 1 aromatic carbocycles. The number of methoxy groups -OCH3 is 1. The van der Waals surface area contributed by atoms with Gasteiger partial charge in [0, 0.05) is 13.1 Å². The summed E-state index contributed by atoms with van der Waals surface area (Å²) in [6, 6.07) is 4.30. The number of rotatable bonds is 5. The van der Waals surface area contributed by atoms with E-state index in [0.29, 0.717) is 0 Å². The summed E-state index contributed by atoms with van der Waals surface area (Å²) < 4.78 is 10.7. The van der Waals surface area contributed by atoms with Crippen LogP contribution in [0.2, 0.25) is 0 Å². The van der Waals surface area contributed by atoms with Crippen molar-refractivity contribution in [3.63, 3.8) is 0 Å². The average Bonchev–Trinajstić information content (AvgIpc) is 2.45. The van der Waals surface area contributed by atoms with Crippen LogP contribution in [0.4, 0.5) is 0 Å². The molecule has 3 heteroatoms. The van der Waals surface area contributed by atoms with Crippen LogP contribution in [0.5, 0.6) is 5.75 Å². The molecule has 0 saturated carbocycles. The monoisotopic (exact) mass is 263 g/mol. The maximum atomic E-state index is 5.37. The van der Waals surface area contributed by atoms with Gasteiger partial charge in [-0.1, -0.05) is 6.07 Å². The molecular weight excluding hydrogens is 238 g/mol. The van der Waals surface area contributed by atoms with Crippen molar-refractivity contribution in [2.75, 3.05) is 40.0 Å². The van der Waals surface area contributed by atoms with Crippen LogP contribution in [0.3, 0.4) is 0 Å². The van der Waals surface area contributed by atoms with Crippen molar-refractivity contribution < 1.29 is 9.47 Å². The van der Waals surface area contributed by atoms with Gasteiger partial charge in [0.05, 0.1) is 20.3 Å². The predicted octanol–water partition coefficient (Wildman–Crippen LogP) is 2.58. The summed E-state index contributed by atoms with van der Waals surface area (Å²) in [6.07, 6.45) is 2.36. The number of aryl methyl sites for hydroxylation is 1. The number of hydrogen-bond acceptors (Lipinski definition) is 3. The summed E-state index contributed by atoms with van der Waals surface area (Å²) in [5.74, 6) is 0.995. The van der Waals surface area contributed by atoms with Crippen LogP contribution in [0, 0.1) is 13.8 Å². The summed E-state index contributed by atoms with van der Waals surface area (Å²) >= 11 is 0. The third-order valence-corrected chi connectivity index (χ3v) is 4.09. The SMILES string of the molecule is COc1ccc(CCCN2CCOCC2)c(C)c1C. The molecule has 1 aromatic rings. The van der Waals surface area contributed by atoms with Crippen molar-refractivity contribution in [1.29, 1.82) is 0 Å². The Balaban J connectivity index is 1.87. The quantitative estimate of drug-likeness (QED) is 0.815. The fourth-order valence-corrected chi connectivity index (χ4v) is 2.66. The normalized spacial score (nSPS) is 16.6. The Morgan fingerprint density at radius 3 is 2.58 bits per heavy atom. The fraction of sp³-hybridized carbons (Fsp3) is 0.625. The lowest BCUT2D eigenvalue weighted by Gasteiger charge is -2.26. The molecule has 0 bridgehead atoms. The second-order valence-electron chi connectivity index (χ2n) is 5.23. The Bertz CT molecular complexity index is 411. The van der Waals surface area contributed by atoms with Crippen molar-refractivity contribution in [3.05, 3.63) is 28.8 Å². The first-order valence-corrected chi connectivity index (χ1v) is 7.15. The van der Waals surface area contributed by atoms with Gasteiger partial charge in [-0.3, -0.25) is 4.90 Å². The first kappa shape index (κ1) is 14.4. The number of morpholine rings is 1. The van der Waals surface area contributed by atoms with Crippen LogP contribution in [0.25, 0.3) is 0 Å². The summed E-state index contributed by atoms with van der Waals surface area (Å²) in [5, 5.41) is 0. The van der Waals surface area contributed by atoms with E-state index in [9.17, 15) is 0 Å². The Labute approximate surface area is 116 Å². The maximum Gasteiger partial charge on any atom is 0.122 e. The van der Waals surface area contributed by atoms with Gasteiger partial charge in [0.25, 0.3) is 0 Å². The lowest BCUT2D eigenvalue weighted by atomic mass is 9.98. The van der Waals surface area contributed by atoms with Gasteiger partial charge >= 0.3 is 0 Å². The van der Waals surface area contributed by atoms with Crippen LogP contribution in [0.1, 0.15) is 23.1 Å². The van der Waals surface area contributed by atoms with E-state index in [1.165, 1.54) is 29.7 Å². The molecule has 19 heavy (non-hydrogen) atoms. The van der Waals surface area contributed by atoms with Crippen LogP contribution in [-0.4, -0.2) is 44.9 Å². The highest BCUT2D eigenvalue weighted by Gasteiger charge is 2.11. The predicted molar refractivity (Wildman–Crippen MR) is 78.0 cm³/mol. The first-order valence-electron chi connectivity index (χ1n) is 7.15. The first-order chi connectivity index (χ1) is 9.22. The molecule has 1 aliphatic rings. The molecule has 1 saturated heterocycles. The van der Waals surface area contributed by atoms with E-state index in [-0.39, 0.29) is 0 Å². The fourth-order valence-electron chi connectivity index (χ4n) is 2.66. The number of benzene rings is 1. The standard InChI is InChI=1S/C16H25NO2/c1-13-14(2)16(18-3)7-6-15(13)5-4-8-17-9-11-19-12-10-17/h6-7H,4-5,8-12H2,1-3H3. The van der Waals surface area contributed by atoms with Crippen LogP contribution in [-0.2, 0) is 11.2 Å². The molecule has 2 rings (SSSR count). The van der Waals surface area contributed by atoms with Crippen molar-refractivity contribution in [2.45, 2.75) is 26.7 Å². The van der Waals surface area contributed by atoms with E-state index in [2.05, 4.69) is 30.9 Å². The molecule has 0 atom stereocenters. The zero-order valence-corrected chi connectivity index (χ0v) is 12.4. The molecule has 1 fully saturated rings. The Hall–Kier alpha value is -1.06. The van der Waals surface area contributed by atoms with E-state index in [1.54, 1.807) is 7.11 Å². The van der Waals surface area contributed by atoms with Crippen molar-refractivity contribution in [3.8, 4) is 5.75 Å². The van der Waals surface area contributed by atoms with Crippen molar-refractivity contribution in [1.82, 2.24) is 4.90 Å². The van der Waals surface area contributed by atoms with Gasteiger partial charge in [0.15, 0.2) is 0 Å². The molecule has 0 radical (unpaired) electrons. The molecule has 1 aliphatic heterocycles. The summed E-state index contributed by atoms with van der Waals surface area (Å²) in [7, 11) is 1.74. The molecule has 0 N–H and O–H groups in total. The maximum absolute atomic E-state index is 5.37. The van der Waals surface area contributed by atoms with E-state index < -0.39 is 0 Å². The molecule has 3 nitrogen and oxygen atoms in total. The Kier molecular flexibility index (Phi) is 5.23. The van der Waals surface area contributed by atoms with Gasteiger partial charge in [-0.15, -0.1) is 0 Å². The molecule has 0 aromatic heterocycles. The topological polar surface area (TPSA) is 21.7 Å². The summed E-state index contributed by atoms with van der Waals surface area (Å²) in [4.78, 5) is 2.50. The molecular formula is C16H25NO2. The van der Waals surface area contributed by atoms with Crippen molar-refractivity contribution >= 4 is 0 Å². The van der Waals surface area contributed by atoms with Gasteiger partial charge in [-0.25, -0.2) is 0 Å². The second-order valence-corrected chi connectivity index (χ2v) is 5.23. The molecule has 1 heterocycles. The third kappa shape index (κ3) is 3.71. The van der Waals surface area contributed by atoms with Gasteiger partial charge in [-0.05, 0) is 56.0 Å². The smallest absolute Gasteiger partial charge is 0.122 e. The minimum Gasteiger partial charge on any atom is -0.496 e. The zero-order chi connectivity index (χ0) is 13.7. The molecule has 0 aliphatic carbocycles. The van der Waals surface area contributed by atoms with E-state index in [4.69, 9.17) is 9.47 Å².